The van der Waals surface area contributed by atoms with Crippen molar-refractivity contribution in [2.45, 2.75) is 46.2 Å². The van der Waals surface area contributed by atoms with E-state index in [2.05, 4.69) is 70.3 Å². The number of benzene rings is 1. The molecule has 0 spiro atoms. The first kappa shape index (κ1) is 12.4. The summed E-state index contributed by atoms with van der Waals surface area (Å²) < 4.78 is 0. The molecule has 0 fully saturated rings. The summed E-state index contributed by atoms with van der Waals surface area (Å²) in [5.74, 6) is 0. The minimum atomic E-state index is 0.545. The second kappa shape index (κ2) is 5.09. The van der Waals surface area contributed by atoms with Crippen molar-refractivity contribution in [1.82, 2.24) is 4.81 Å². The molecule has 1 aromatic rings. The summed E-state index contributed by atoms with van der Waals surface area (Å²) in [6.07, 6.45) is 3.41. The molecule has 0 aliphatic heterocycles. The molecule has 2 rings (SSSR count). The Morgan fingerprint density at radius 1 is 1.06 bits per heavy atom. The van der Waals surface area contributed by atoms with E-state index in [0.717, 1.165) is 6.42 Å². The van der Waals surface area contributed by atoms with Crippen LogP contribution < -0.4 is 0 Å². The molecule has 0 saturated carbocycles. The summed E-state index contributed by atoms with van der Waals surface area (Å²) in [6, 6.07) is 9.79. The number of hydrogen-bond acceptors (Lipinski definition) is 1. The maximum absolute atomic E-state index is 2.42. The Morgan fingerprint density at radius 2 is 1.71 bits per heavy atom. The van der Waals surface area contributed by atoms with E-state index in [1.165, 1.54) is 16.6 Å². The SMILES string of the molecule is CC(C)N([B]C1=CCc2ccccc21)C(C)C. The molecule has 0 aromatic heterocycles. The largest absolute Gasteiger partial charge is 0.338 e. The molecule has 0 N–H and O–H groups in total. The molecule has 0 unspecified atom stereocenters. The summed E-state index contributed by atoms with van der Waals surface area (Å²) in [5, 5.41) is 0. The van der Waals surface area contributed by atoms with Crippen LogP contribution in [0, 0.1) is 0 Å². The lowest BCUT2D eigenvalue weighted by atomic mass is 9.74. The van der Waals surface area contributed by atoms with Crippen LogP contribution in [0.1, 0.15) is 38.8 Å². The maximum Gasteiger partial charge on any atom is 0.248 e. The van der Waals surface area contributed by atoms with Gasteiger partial charge in [-0.3, -0.25) is 0 Å². The van der Waals surface area contributed by atoms with E-state index >= 15 is 0 Å². The molecule has 1 nitrogen and oxygen atoms in total. The van der Waals surface area contributed by atoms with Crippen LogP contribution in [0.4, 0.5) is 0 Å². The molecular formula is C15H21BN. The van der Waals surface area contributed by atoms with E-state index in [0.29, 0.717) is 12.1 Å². The van der Waals surface area contributed by atoms with Gasteiger partial charge in [0.2, 0.25) is 7.41 Å². The van der Waals surface area contributed by atoms with E-state index in [4.69, 9.17) is 0 Å². The van der Waals surface area contributed by atoms with E-state index < -0.39 is 0 Å². The molecule has 0 bridgehead atoms. The van der Waals surface area contributed by atoms with Crippen molar-refractivity contribution in [3.05, 3.63) is 41.5 Å². The van der Waals surface area contributed by atoms with Gasteiger partial charge in [0.25, 0.3) is 0 Å². The zero-order valence-corrected chi connectivity index (χ0v) is 11.3. The fourth-order valence-electron chi connectivity index (χ4n) is 2.49. The Balaban J connectivity index is 2.16. The monoisotopic (exact) mass is 226 g/mol. The minimum Gasteiger partial charge on any atom is -0.338 e. The summed E-state index contributed by atoms with van der Waals surface area (Å²) >= 11 is 0. The topological polar surface area (TPSA) is 3.24 Å². The van der Waals surface area contributed by atoms with E-state index in [9.17, 15) is 0 Å². The second-order valence-corrected chi connectivity index (χ2v) is 5.28. The van der Waals surface area contributed by atoms with Gasteiger partial charge in [-0.25, -0.2) is 0 Å². The third-order valence-electron chi connectivity index (χ3n) is 3.35. The summed E-state index contributed by atoms with van der Waals surface area (Å²) in [7, 11) is 2.32. The highest BCUT2D eigenvalue weighted by molar-refractivity contribution is 6.59. The van der Waals surface area contributed by atoms with Gasteiger partial charge in [-0.05, 0) is 29.6 Å². The molecule has 17 heavy (non-hydrogen) atoms. The summed E-state index contributed by atoms with van der Waals surface area (Å²) in [6.45, 7) is 8.99. The van der Waals surface area contributed by atoms with Crippen molar-refractivity contribution in [1.29, 1.82) is 0 Å². The van der Waals surface area contributed by atoms with Gasteiger partial charge < -0.3 is 4.81 Å². The minimum absolute atomic E-state index is 0.545. The number of allylic oxidation sites excluding steroid dienone is 1. The maximum atomic E-state index is 2.42. The van der Waals surface area contributed by atoms with Crippen LogP contribution in [0.25, 0.3) is 5.47 Å². The van der Waals surface area contributed by atoms with Crippen LogP contribution in [-0.2, 0) is 6.42 Å². The number of rotatable bonds is 4. The van der Waals surface area contributed by atoms with Crippen molar-refractivity contribution in [3.63, 3.8) is 0 Å². The van der Waals surface area contributed by atoms with Gasteiger partial charge in [0, 0.05) is 0 Å². The van der Waals surface area contributed by atoms with Crippen molar-refractivity contribution in [2.24, 2.45) is 0 Å². The standard InChI is InChI=1S/C15H21BN/c1-11(2)17(12(3)4)16-15-10-9-13-7-5-6-8-14(13)15/h5-8,10-12H,9H2,1-4H3. The molecule has 0 saturated heterocycles. The second-order valence-electron chi connectivity index (χ2n) is 5.28. The molecular weight excluding hydrogens is 205 g/mol. The highest BCUT2D eigenvalue weighted by atomic mass is 15.1. The third-order valence-corrected chi connectivity index (χ3v) is 3.35. The lowest BCUT2D eigenvalue weighted by molar-refractivity contribution is 0.315. The van der Waals surface area contributed by atoms with Gasteiger partial charge in [-0.1, -0.05) is 63.5 Å². The first-order valence-electron chi connectivity index (χ1n) is 6.50. The molecule has 89 valence electrons. The van der Waals surface area contributed by atoms with Gasteiger partial charge in [0.05, 0.1) is 0 Å². The quantitative estimate of drug-likeness (QED) is 0.712. The highest BCUT2D eigenvalue weighted by Crippen LogP contribution is 2.27. The lowest BCUT2D eigenvalue weighted by Crippen LogP contribution is -2.40. The van der Waals surface area contributed by atoms with Gasteiger partial charge >= 0.3 is 0 Å². The van der Waals surface area contributed by atoms with Gasteiger partial charge in [0.1, 0.15) is 0 Å². The van der Waals surface area contributed by atoms with Crippen LogP contribution in [0.2, 0.25) is 0 Å². The molecule has 0 atom stereocenters. The summed E-state index contributed by atoms with van der Waals surface area (Å²) in [4.78, 5) is 2.42. The van der Waals surface area contributed by atoms with Crippen LogP contribution in [0.15, 0.2) is 30.3 Å². The lowest BCUT2D eigenvalue weighted by Gasteiger charge is -2.30. The van der Waals surface area contributed by atoms with E-state index in [1.807, 2.05) is 0 Å². The number of nitrogens with zero attached hydrogens (tertiary/aromatic N) is 1. The predicted octanol–water partition coefficient (Wildman–Crippen LogP) is 3.32. The average Bonchev–Trinajstić information content (AvgIpc) is 2.68. The third kappa shape index (κ3) is 2.63. The van der Waals surface area contributed by atoms with Crippen molar-refractivity contribution in [3.8, 4) is 0 Å². The van der Waals surface area contributed by atoms with Gasteiger partial charge in [-0.2, -0.15) is 0 Å². The van der Waals surface area contributed by atoms with Gasteiger partial charge in [-0.15, -0.1) is 0 Å². The van der Waals surface area contributed by atoms with Gasteiger partial charge in [0.15, 0.2) is 0 Å². The van der Waals surface area contributed by atoms with Crippen LogP contribution in [0.3, 0.4) is 0 Å². The Kier molecular flexibility index (Phi) is 3.73. The highest BCUT2D eigenvalue weighted by Gasteiger charge is 2.21. The van der Waals surface area contributed by atoms with E-state index in [-0.39, 0.29) is 0 Å². The molecule has 1 aliphatic carbocycles. The zero-order valence-electron chi connectivity index (χ0n) is 11.3. The number of hydrogen-bond donors (Lipinski definition) is 0. The fraction of sp³-hybridized carbons (Fsp3) is 0.467. The van der Waals surface area contributed by atoms with Crippen molar-refractivity contribution >= 4 is 12.9 Å². The Hall–Kier alpha value is -1.02. The molecule has 0 amide bonds. The first-order chi connectivity index (χ1) is 8.09. The first-order valence-corrected chi connectivity index (χ1v) is 6.50. The predicted molar refractivity (Wildman–Crippen MR) is 76.0 cm³/mol. The molecule has 1 radical (unpaired) electrons. The average molecular weight is 226 g/mol. The molecule has 1 aliphatic rings. The summed E-state index contributed by atoms with van der Waals surface area (Å²) in [5.41, 5.74) is 4.23. The molecule has 1 aromatic carbocycles. The van der Waals surface area contributed by atoms with Crippen molar-refractivity contribution in [2.75, 3.05) is 0 Å². The van der Waals surface area contributed by atoms with Crippen LogP contribution in [0.5, 0.6) is 0 Å². The molecule has 2 heteroatoms. The zero-order chi connectivity index (χ0) is 12.4. The van der Waals surface area contributed by atoms with E-state index in [1.54, 1.807) is 0 Å². The number of fused-ring (bicyclic) bond motifs is 1. The van der Waals surface area contributed by atoms with Crippen LogP contribution in [-0.4, -0.2) is 24.3 Å². The Bertz CT molecular complexity index is 413. The normalized spacial score (nSPS) is 14.4. The molecule has 0 heterocycles. The van der Waals surface area contributed by atoms with Crippen LogP contribution >= 0.6 is 0 Å². The Morgan fingerprint density at radius 3 is 2.35 bits per heavy atom. The Labute approximate surface area is 106 Å². The smallest absolute Gasteiger partial charge is 0.248 e. The van der Waals surface area contributed by atoms with Crippen molar-refractivity contribution < 1.29 is 0 Å². The fourth-order valence-corrected chi connectivity index (χ4v) is 2.49.